The number of amides is 4. The monoisotopic (exact) mass is 729 g/mol. The Balaban J connectivity index is 1.57. The molecule has 3 aromatic rings. The van der Waals surface area contributed by atoms with Gasteiger partial charge in [0.05, 0.1) is 43.0 Å². The molecule has 4 rings (SSSR count). The Hall–Kier alpha value is -3.89. The summed E-state index contributed by atoms with van der Waals surface area (Å²) < 4.78 is 39.2. The molecule has 4 amide bonds. The number of benzene rings is 2. The van der Waals surface area contributed by atoms with E-state index in [4.69, 9.17) is 9.47 Å². The van der Waals surface area contributed by atoms with E-state index in [1.807, 2.05) is 44.2 Å². The van der Waals surface area contributed by atoms with Crippen LogP contribution >= 0.6 is 11.3 Å². The number of nitrogens with zero attached hydrogens (tertiary/aromatic N) is 4. The van der Waals surface area contributed by atoms with Gasteiger partial charge in [0.2, 0.25) is 15.9 Å². The standard InChI is InChI=1S/C35H47N5O8S2/c1-23(2)17-38(50(45,46)28-14-12-27(48-6)13-15-28)19-30(41)29(16-25-10-8-7-9-11-25)37-34(43)33(24(3)4)40-20-32(42)39(35(40)44)18-26-22-49-31(36-26)21-47-5/h7-15,22-24,29-30,33,41H,16-21H2,1-6H3,(H,37,43)/t29-,30-,33-/m0/s1. The summed E-state index contributed by atoms with van der Waals surface area (Å²) in [6, 6.07) is 12.6. The van der Waals surface area contributed by atoms with Crippen LogP contribution in [0.3, 0.4) is 0 Å². The molecule has 0 bridgehead atoms. The summed E-state index contributed by atoms with van der Waals surface area (Å²) in [6.07, 6.45) is -1.15. The number of urea groups is 1. The van der Waals surface area contributed by atoms with Crippen molar-refractivity contribution in [2.75, 3.05) is 33.9 Å². The molecule has 1 aromatic heterocycles. The summed E-state index contributed by atoms with van der Waals surface area (Å²) in [5.74, 6) is -0.983. The summed E-state index contributed by atoms with van der Waals surface area (Å²) in [5.41, 5.74) is 1.35. The largest absolute Gasteiger partial charge is 0.497 e. The number of ether oxygens (including phenoxy) is 2. The Bertz CT molecular complexity index is 1700. The number of aromatic nitrogens is 1. The highest BCUT2D eigenvalue weighted by Crippen LogP contribution is 2.24. The van der Waals surface area contributed by atoms with E-state index in [-0.39, 0.29) is 43.4 Å². The highest BCUT2D eigenvalue weighted by atomic mass is 32.2. The maximum Gasteiger partial charge on any atom is 0.328 e. The minimum absolute atomic E-state index is 0.0372. The molecule has 0 spiro atoms. The van der Waals surface area contributed by atoms with E-state index >= 15 is 0 Å². The average Bonchev–Trinajstić information content (AvgIpc) is 3.63. The van der Waals surface area contributed by atoms with Crippen molar-refractivity contribution in [1.29, 1.82) is 0 Å². The van der Waals surface area contributed by atoms with Crippen molar-refractivity contribution in [1.82, 2.24) is 24.4 Å². The molecular weight excluding hydrogens is 683 g/mol. The van der Waals surface area contributed by atoms with Crippen LogP contribution in [0.2, 0.25) is 0 Å². The lowest BCUT2D eigenvalue weighted by Crippen LogP contribution is -2.57. The van der Waals surface area contributed by atoms with Crippen LogP contribution in [0.5, 0.6) is 5.75 Å². The highest BCUT2D eigenvalue weighted by Gasteiger charge is 2.44. The SMILES string of the molecule is COCc1nc(CN2C(=O)CN([C@H](C(=O)N[C@@H](Cc3ccccc3)[C@@H](O)CN(CC(C)C)S(=O)(=O)c3ccc(OC)cc3)C(C)C)C2=O)cs1. The number of sulfonamides is 1. The average molecular weight is 730 g/mol. The van der Waals surface area contributed by atoms with Gasteiger partial charge in [0.1, 0.15) is 23.3 Å². The van der Waals surface area contributed by atoms with Crippen molar-refractivity contribution in [2.45, 2.75) is 70.4 Å². The lowest BCUT2D eigenvalue weighted by Gasteiger charge is -2.34. The molecule has 2 aromatic carbocycles. The molecule has 3 atom stereocenters. The van der Waals surface area contributed by atoms with Crippen LogP contribution in [0.1, 0.15) is 44.0 Å². The van der Waals surface area contributed by atoms with Gasteiger partial charge >= 0.3 is 6.03 Å². The number of rotatable bonds is 18. The van der Waals surface area contributed by atoms with Gasteiger partial charge in [-0.25, -0.2) is 18.2 Å². The Morgan fingerprint density at radius 2 is 1.72 bits per heavy atom. The van der Waals surface area contributed by atoms with Gasteiger partial charge in [-0.05, 0) is 48.1 Å². The van der Waals surface area contributed by atoms with Gasteiger partial charge in [-0.3, -0.25) is 14.5 Å². The number of imide groups is 1. The smallest absolute Gasteiger partial charge is 0.328 e. The zero-order chi connectivity index (χ0) is 36.6. The highest BCUT2D eigenvalue weighted by molar-refractivity contribution is 7.89. The number of aliphatic hydroxyl groups is 1. The summed E-state index contributed by atoms with van der Waals surface area (Å²) >= 11 is 1.36. The second kappa shape index (κ2) is 17.4. The van der Waals surface area contributed by atoms with Crippen LogP contribution in [-0.4, -0.2) is 103 Å². The van der Waals surface area contributed by atoms with Gasteiger partial charge in [-0.2, -0.15) is 4.31 Å². The normalized spacial score (nSPS) is 15.6. The number of aliphatic hydroxyl groups excluding tert-OH is 1. The van der Waals surface area contributed by atoms with Crippen molar-refractivity contribution < 1.29 is 37.4 Å². The fourth-order valence-electron chi connectivity index (χ4n) is 5.84. The van der Waals surface area contributed by atoms with Gasteiger partial charge < -0.3 is 24.8 Å². The fraction of sp³-hybridized carbons (Fsp3) is 0.486. The zero-order valence-corrected chi connectivity index (χ0v) is 30.9. The van der Waals surface area contributed by atoms with Crippen molar-refractivity contribution in [3.05, 3.63) is 76.2 Å². The van der Waals surface area contributed by atoms with E-state index in [1.54, 1.807) is 38.5 Å². The Morgan fingerprint density at radius 3 is 2.32 bits per heavy atom. The van der Waals surface area contributed by atoms with Crippen molar-refractivity contribution in [3.63, 3.8) is 0 Å². The first-order valence-electron chi connectivity index (χ1n) is 16.4. The molecule has 1 saturated heterocycles. The molecule has 2 heterocycles. The van der Waals surface area contributed by atoms with E-state index in [2.05, 4.69) is 10.3 Å². The number of thiazole rings is 1. The Labute approximate surface area is 298 Å². The molecule has 1 aliphatic heterocycles. The summed E-state index contributed by atoms with van der Waals surface area (Å²) in [5, 5.41) is 17.1. The third-order valence-corrected chi connectivity index (χ3v) is 11.0. The second-order valence-corrected chi connectivity index (χ2v) is 15.9. The molecule has 15 heteroatoms. The molecule has 2 N–H and O–H groups in total. The lowest BCUT2D eigenvalue weighted by atomic mass is 9.97. The molecule has 13 nitrogen and oxygen atoms in total. The summed E-state index contributed by atoms with van der Waals surface area (Å²) in [7, 11) is -0.998. The topological polar surface area (TPSA) is 159 Å². The van der Waals surface area contributed by atoms with E-state index in [0.29, 0.717) is 23.1 Å². The van der Waals surface area contributed by atoms with E-state index in [9.17, 15) is 27.9 Å². The van der Waals surface area contributed by atoms with Crippen molar-refractivity contribution in [3.8, 4) is 5.75 Å². The van der Waals surface area contributed by atoms with Gasteiger partial charge in [0, 0.05) is 25.6 Å². The predicted octanol–water partition coefficient (Wildman–Crippen LogP) is 3.52. The van der Waals surface area contributed by atoms with Crippen LogP contribution in [0.4, 0.5) is 4.79 Å². The molecule has 0 radical (unpaired) electrons. The Morgan fingerprint density at radius 1 is 1.04 bits per heavy atom. The first kappa shape index (κ1) is 38.9. The lowest BCUT2D eigenvalue weighted by molar-refractivity contribution is -0.129. The van der Waals surface area contributed by atoms with Crippen LogP contribution in [0.25, 0.3) is 0 Å². The van der Waals surface area contributed by atoms with Crippen LogP contribution in [0.15, 0.2) is 64.9 Å². The first-order chi connectivity index (χ1) is 23.7. The third-order valence-electron chi connectivity index (χ3n) is 8.25. The minimum atomic E-state index is -4.04. The number of hydrogen-bond acceptors (Lipinski definition) is 10. The second-order valence-electron chi connectivity index (χ2n) is 13.0. The summed E-state index contributed by atoms with van der Waals surface area (Å²) in [6.45, 7) is 7.11. The van der Waals surface area contributed by atoms with E-state index in [0.717, 1.165) is 10.5 Å². The molecular formula is C35H47N5O8S2. The van der Waals surface area contributed by atoms with Gasteiger partial charge in [-0.15, -0.1) is 11.3 Å². The van der Waals surface area contributed by atoms with E-state index in [1.165, 1.54) is 39.8 Å². The quantitative estimate of drug-likeness (QED) is 0.187. The number of nitrogens with one attached hydrogen (secondary N) is 1. The van der Waals surface area contributed by atoms with E-state index < -0.39 is 52.0 Å². The number of carbonyl (C=O) groups is 3. The molecule has 0 saturated carbocycles. The third kappa shape index (κ3) is 9.66. The van der Waals surface area contributed by atoms with Gasteiger partial charge in [0.15, 0.2) is 0 Å². The Kier molecular flexibility index (Phi) is 13.5. The molecule has 50 heavy (non-hydrogen) atoms. The van der Waals surface area contributed by atoms with Crippen LogP contribution in [-0.2, 0) is 43.9 Å². The van der Waals surface area contributed by atoms with Gasteiger partial charge in [-0.1, -0.05) is 58.0 Å². The predicted molar refractivity (Wildman–Crippen MR) is 189 cm³/mol. The van der Waals surface area contributed by atoms with Crippen molar-refractivity contribution >= 4 is 39.2 Å². The number of hydrogen-bond donors (Lipinski definition) is 2. The maximum atomic E-state index is 14.1. The number of carbonyl (C=O) groups excluding carboxylic acids is 3. The summed E-state index contributed by atoms with van der Waals surface area (Å²) in [4.78, 5) is 47.6. The molecule has 1 aliphatic rings. The minimum Gasteiger partial charge on any atom is -0.497 e. The molecule has 0 unspecified atom stereocenters. The van der Waals surface area contributed by atoms with Gasteiger partial charge in [0.25, 0.3) is 5.91 Å². The number of methoxy groups -OCH3 is 2. The molecule has 0 aliphatic carbocycles. The van der Waals surface area contributed by atoms with Crippen molar-refractivity contribution in [2.24, 2.45) is 11.8 Å². The zero-order valence-electron chi connectivity index (χ0n) is 29.3. The van der Waals surface area contributed by atoms with Crippen LogP contribution in [0, 0.1) is 11.8 Å². The fourth-order valence-corrected chi connectivity index (χ4v) is 8.22. The molecule has 272 valence electrons. The molecule has 1 fully saturated rings. The maximum absolute atomic E-state index is 14.1. The van der Waals surface area contributed by atoms with Crippen LogP contribution < -0.4 is 10.1 Å². The first-order valence-corrected chi connectivity index (χ1v) is 18.8.